The van der Waals surface area contributed by atoms with Gasteiger partial charge in [0.05, 0.1) is 0 Å². The van der Waals surface area contributed by atoms with E-state index in [1.807, 2.05) is 48.5 Å². The van der Waals surface area contributed by atoms with Crippen LogP contribution in [0.4, 0.5) is 11.4 Å². The standard InChI is InChI=1S/C19H26N6/c1-24(16-8-4-14(5-9-16)18(20)21)12-3-13-25(2)17-10-6-15(7-11-17)19(22)23/h4-11H,3,12-13H2,1-2H3,(H3,20,21)(H3,22,23). The lowest BCUT2D eigenvalue weighted by Crippen LogP contribution is -2.25. The van der Waals surface area contributed by atoms with Crippen LogP contribution in [0.1, 0.15) is 17.5 Å². The molecule has 132 valence electrons. The number of hydrogen-bond donors (Lipinski definition) is 4. The number of anilines is 2. The Morgan fingerprint density at radius 2 is 1.04 bits per heavy atom. The molecular weight excluding hydrogens is 312 g/mol. The van der Waals surface area contributed by atoms with Crippen molar-refractivity contribution in [3.63, 3.8) is 0 Å². The first kappa shape index (κ1) is 18.3. The van der Waals surface area contributed by atoms with Crippen LogP contribution >= 0.6 is 0 Å². The van der Waals surface area contributed by atoms with E-state index in [2.05, 4.69) is 23.9 Å². The Labute approximate surface area is 149 Å². The summed E-state index contributed by atoms with van der Waals surface area (Å²) in [5, 5.41) is 14.9. The summed E-state index contributed by atoms with van der Waals surface area (Å²) in [6, 6.07) is 15.4. The smallest absolute Gasteiger partial charge is 0.122 e. The number of nitrogens with one attached hydrogen (secondary N) is 2. The molecule has 6 N–H and O–H groups in total. The summed E-state index contributed by atoms with van der Waals surface area (Å²) in [4.78, 5) is 4.38. The third-order valence-corrected chi connectivity index (χ3v) is 4.23. The number of nitrogens with two attached hydrogens (primary N) is 2. The van der Waals surface area contributed by atoms with Gasteiger partial charge in [-0.3, -0.25) is 10.8 Å². The quantitative estimate of drug-likeness (QED) is 0.437. The van der Waals surface area contributed by atoms with Crippen LogP contribution in [0, 0.1) is 10.8 Å². The van der Waals surface area contributed by atoms with Gasteiger partial charge < -0.3 is 21.3 Å². The maximum Gasteiger partial charge on any atom is 0.122 e. The first-order chi connectivity index (χ1) is 11.9. The van der Waals surface area contributed by atoms with E-state index < -0.39 is 0 Å². The summed E-state index contributed by atoms with van der Waals surface area (Å²) < 4.78 is 0. The third kappa shape index (κ3) is 4.97. The van der Waals surface area contributed by atoms with Crippen molar-refractivity contribution < 1.29 is 0 Å². The molecule has 2 aromatic rings. The van der Waals surface area contributed by atoms with E-state index in [1.54, 1.807) is 0 Å². The summed E-state index contributed by atoms with van der Waals surface area (Å²) in [5.41, 5.74) is 14.7. The van der Waals surface area contributed by atoms with E-state index in [4.69, 9.17) is 22.3 Å². The number of nitrogen functional groups attached to an aromatic ring is 2. The predicted molar refractivity (Wildman–Crippen MR) is 106 cm³/mol. The molecule has 0 aliphatic heterocycles. The molecule has 0 aromatic heterocycles. The molecular formula is C19H26N6. The van der Waals surface area contributed by atoms with Crippen LogP contribution in [0.2, 0.25) is 0 Å². The number of rotatable bonds is 8. The summed E-state index contributed by atoms with van der Waals surface area (Å²) in [7, 11) is 4.12. The molecule has 0 atom stereocenters. The molecule has 0 aliphatic carbocycles. The molecule has 0 fully saturated rings. The van der Waals surface area contributed by atoms with Crippen LogP contribution < -0.4 is 21.3 Å². The topological polar surface area (TPSA) is 106 Å². The Morgan fingerprint density at radius 1 is 0.720 bits per heavy atom. The zero-order chi connectivity index (χ0) is 18.4. The zero-order valence-corrected chi connectivity index (χ0v) is 14.8. The molecule has 25 heavy (non-hydrogen) atoms. The second-order valence-corrected chi connectivity index (χ2v) is 6.12. The van der Waals surface area contributed by atoms with Gasteiger partial charge in [-0.2, -0.15) is 0 Å². The van der Waals surface area contributed by atoms with Crippen LogP contribution in [-0.4, -0.2) is 38.9 Å². The van der Waals surface area contributed by atoms with Gasteiger partial charge in [0, 0.05) is 49.7 Å². The number of amidine groups is 2. The Morgan fingerprint density at radius 3 is 1.32 bits per heavy atom. The minimum atomic E-state index is 0.0895. The second-order valence-electron chi connectivity index (χ2n) is 6.12. The van der Waals surface area contributed by atoms with E-state index in [0.717, 1.165) is 42.0 Å². The SMILES string of the molecule is CN(CCCN(C)c1ccc(C(=N)N)cc1)c1ccc(C(=N)N)cc1. The average molecular weight is 338 g/mol. The highest BCUT2D eigenvalue weighted by molar-refractivity contribution is 5.95. The molecule has 0 unspecified atom stereocenters. The van der Waals surface area contributed by atoms with Crippen LogP contribution in [0.5, 0.6) is 0 Å². The van der Waals surface area contributed by atoms with E-state index in [9.17, 15) is 0 Å². The van der Waals surface area contributed by atoms with Gasteiger partial charge >= 0.3 is 0 Å². The van der Waals surface area contributed by atoms with Gasteiger partial charge in [0.1, 0.15) is 11.7 Å². The van der Waals surface area contributed by atoms with E-state index in [1.165, 1.54) is 0 Å². The zero-order valence-electron chi connectivity index (χ0n) is 14.8. The minimum Gasteiger partial charge on any atom is -0.384 e. The normalized spacial score (nSPS) is 10.3. The van der Waals surface area contributed by atoms with Gasteiger partial charge in [-0.25, -0.2) is 0 Å². The lowest BCUT2D eigenvalue weighted by atomic mass is 10.1. The second kappa shape index (κ2) is 8.19. The highest BCUT2D eigenvalue weighted by atomic mass is 15.1. The maximum atomic E-state index is 7.43. The van der Waals surface area contributed by atoms with Crippen molar-refractivity contribution in [3.05, 3.63) is 59.7 Å². The highest BCUT2D eigenvalue weighted by Crippen LogP contribution is 2.16. The molecule has 0 radical (unpaired) electrons. The molecule has 6 nitrogen and oxygen atoms in total. The fourth-order valence-corrected chi connectivity index (χ4v) is 2.59. The predicted octanol–water partition coefficient (Wildman–Crippen LogP) is 2.22. The Kier molecular flexibility index (Phi) is 6.00. The van der Waals surface area contributed by atoms with Crippen molar-refractivity contribution in [1.82, 2.24) is 0 Å². The first-order valence-electron chi connectivity index (χ1n) is 8.19. The van der Waals surface area contributed by atoms with Gasteiger partial charge in [0.2, 0.25) is 0 Å². The molecule has 0 heterocycles. The fourth-order valence-electron chi connectivity index (χ4n) is 2.59. The molecule has 0 saturated carbocycles. The highest BCUT2D eigenvalue weighted by Gasteiger charge is 2.05. The largest absolute Gasteiger partial charge is 0.384 e. The summed E-state index contributed by atoms with van der Waals surface area (Å²) in [6.07, 6.45) is 1.01. The Bertz CT molecular complexity index is 657. The van der Waals surface area contributed by atoms with Crippen molar-refractivity contribution in [3.8, 4) is 0 Å². The maximum absolute atomic E-state index is 7.43. The Balaban J connectivity index is 1.84. The van der Waals surface area contributed by atoms with E-state index in [-0.39, 0.29) is 11.7 Å². The molecule has 0 aliphatic rings. The molecule has 0 amide bonds. The first-order valence-corrected chi connectivity index (χ1v) is 8.19. The molecule has 0 spiro atoms. The third-order valence-electron chi connectivity index (χ3n) is 4.23. The van der Waals surface area contributed by atoms with Gasteiger partial charge in [-0.15, -0.1) is 0 Å². The minimum absolute atomic E-state index is 0.0895. The van der Waals surface area contributed by atoms with Crippen molar-refractivity contribution in [2.45, 2.75) is 6.42 Å². The van der Waals surface area contributed by atoms with Crippen molar-refractivity contribution in [2.24, 2.45) is 11.5 Å². The van der Waals surface area contributed by atoms with Crippen LogP contribution in [-0.2, 0) is 0 Å². The van der Waals surface area contributed by atoms with Gasteiger partial charge in [0.15, 0.2) is 0 Å². The number of nitrogens with zero attached hydrogens (tertiary/aromatic N) is 2. The van der Waals surface area contributed by atoms with Crippen molar-refractivity contribution in [2.75, 3.05) is 37.0 Å². The van der Waals surface area contributed by atoms with Crippen molar-refractivity contribution >= 4 is 23.0 Å². The molecule has 2 aromatic carbocycles. The molecule has 0 saturated heterocycles. The van der Waals surface area contributed by atoms with E-state index >= 15 is 0 Å². The molecule has 0 bridgehead atoms. The number of benzene rings is 2. The monoisotopic (exact) mass is 338 g/mol. The van der Waals surface area contributed by atoms with Crippen molar-refractivity contribution in [1.29, 1.82) is 10.8 Å². The lowest BCUT2D eigenvalue weighted by Gasteiger charge is -2.23. The number of hydrogen-bond acceptors (Lipinski definition) is 4. The Hall–Kier alpha value is -3.02. The summed E-state index contributed by atoms with van der Waals surface area (Å²) in [6.45, 7) is 1.85. The molecule has 2 rings (SSSR count). The summed E-state index contributed by atoms with van der Waals surface area (Å²) >= 11 is 0. The lowest BCUT2D eigenvalue weighted by molar-refractivity contribution is 0.763. The van der Waals surface area contributed by atoms with Gasteiger partial charge in [-0.1, -0.05) is 0 Å². The average Bonchev–Trinajstić information content (AvgIpc) is 2.61. The fraction of sp³-hybridized carbons (Fsp3) is 0.263. The van der Waals surface area contributed by atoms with Gasteiger partial charge in [0.25, 0.3) is 0 Å². The van der Waals surface area contributed by atoms with Crippen LogP contribution in [0.15, 0.2) is 48.5 Å². The van der Waals surface area contributed by atoms with Crippen LogP contribution in [0.25, 0.3) is 0 Å². The van der Waals surface area contributed by atoms with E-state index in [0.29, 0.717) is 0 Å². The molecule has 6 heteroatoms. The summed E-state index contributed by atoms with van der Waals surface area (Å²) in [5.74, 6) is 0.179. The van der Waals surface area contributed by atoms with Gasteiger partial charge in [-0.05, 0) is 55.0 Å². The van der Waals surface area contributed by atoms with Crippen LogP contribution in [0.3, 0.4) is 0 Å².